The maximum absolute atomic E-state index is 12.7. The highest BCUT2D eigenvalue weighted by Gasteiger charge is 2.28. The Kier molecular flexibility index (Phi) is 5.01. The van der Waals surface area contributed by atoms with E-state index < -0.39 is 10.0 Å². The molecule has 1 aromatic carbocycles. The summed E-state index contributed by atoms with van der Waals surface area (Å²) in [4.78, 5) is 3.94. The number of ether oxygens (including phenoxy) is 1. The van der Waals surface area contributed by atoms with E-state index in [1.165, 1.54) is 4.88 Å². The lowest BCUT2D eigenvalue weighted by atomic mass is 10.3. The van der Waals surface area contributed by atoms with Gasteiger partial charge in [0, 0.05) is 37.6 Å². The van der Waals surface area contributed by atoms with Crippen LogP contribution in [0, 0.1) is 0 Å². The van der Waals surface area contributed by atoms with Gasteiger partial charge in [-0.2, -0.15) is 4.31 Å². The van der Waals surface area contributed by atoms with E-state index in [1.807, 2.05) is 6.07 Å². The zero-order valence-corrected chi connectivity index (χ0v) is 14.6. The van der Waals surface area contributed by atoms with Crippen LogP contribution in [-0.4, -0.2) is 50.9 Å². The molecule has 7 heteroatoms. The average molecular weight is 352 g/mol. The topological polar surface area (TPSA) is 49.9 Å². The largest absolute Gasteiger partial charge is 0.497 e. The lowest BCUT2D eigenvalue weighted by Crippen LogP contribution is -2.48. The van der Waals surface area contributed by atoms with Crippen LogP contribution < -0.4 is 4.74 Å². The van der Waals surface area contributed by atoms with Crippen LogP contribution in [0.4, 0.5) is 0 Å². The Bertz CT molecular complexity index is 719. The first-order chi connectivity index (χ1) is 11.1. The highest BCUT2D eigenvalue weighted by Crippen LogP contribution is 2.21. The molecule has 0 bridgehead atoms. The fourth-order valence-electron chi connectivity index (χ4n) is 2.65. The number of nitrogens with zero attached hydrogens (tertiary/aromatic N) is 2. The molecule has 5 nitrogen and oxygen atoms in total. The third-order valence-corrected chi connectivity index (χ3v) is 6.76. The molecule has 0 saturated carbocycles. The average Bonchev–Trinajstić information content (AvgIpc) is 3.08. The van der Waals surface area contributed by atoms with Crippen LogP contribution in [0.5, 0.6) is 5.75 Å². The molecular weight excluding hydrogens is 332 g/mol. The van der Waals surface area contributed by atoms with Crippen LogP contribution in [0.1, 0.15) is 4.88 Å². The van der Waals surface area contributed by atoms with Gasteiger partial charge in [-0.3, -0.25) is 4.90 Å². The Labute approximate surface area is 141 Å². The van der Waals surface area contributed by atoms with E-state index in [4.69, 9.17) is 4.74 Å². The highest BCUT2D eigenvalue weighted by molar-refractivity contribution is 7.89. The molecule has 0 unspecified atom stereocenters. The molecule has 1 aromatic heterocycles. The van der Waals surface area contributed by atoms with E-state index in [0.29, 0.717) is 23.7 Å². The van der Waals surface area contributed by atoms with Crippen molar-refractivity contribution >= 4 is 21.4 Å². The Morgan fingerprint density at radius 2 is 1.78 bits per heavy atom. The van der Waals surface area contributed by atoms with Crippen molar-refractivity contribution in [1.29, 1.82) is 0 Å². The number of hydrogen-bond donors (Lipinski definition) is 0. The summed E-state index contributed by atoms with van der Waals surface area (Å²) < 4.78 is 32.0. The van der Waals surface area contributed by atoms with Gasteiger partial charge in [0.1, 0.15) is 5.75 Å². The second-order valence-electron chi connectivity index (χ2n) is 5.44. The number of piperazine rings is 1. The van der Waals surface area contributed by atoms with Gasteiger partial charge >= 0.3 is 0 Å². The summed E-state index contributed by atoms with van der Waals surface area (Å²) in [5.41, 5.74) is 0. The zero-order chi connectivity index (χ0) is 16.3. The summed E-state index contributed by atoms with van der Waals surface area (Å²) in [6.45, 7) is 3.47. The van der Waals surface area contributed by atoms with Crippen molar-refractivity contribution < 1.29 is 13.2 Å². The molecular formula is C16H20N2O3S2. The Balaban J connectivity index is 1.63. The van der Waals surface area contributed by atoms with Crippen LogP contribution in [0.15, 0.2) is 46.7 Å². The highest BCUT2D eigenvalue weighted by atomic mass is 32.2. The molecule has 2 aromatic rings. The van der Waals surface area contributed by atoms with Crippen LogP contribution in [0.2, 0.25) is 0 Å². The van der Waals surface area contributed by atoms with Crippen molar-refractivity contribution in [2.45, 2.75) is 11.4 Å². The van der Waals surface area contributed by atoms with Gasteiger partial charge in [-0.25, -0.2) is 8.42 Å². The van der Waals surface area contributed by atoms with E-state index in [9.17, 15) is 8.42 Å². The molecule has 1 fully saturated rings. The van der Waals surface area contributed by atoms with Crippen LogP contribution >= 0.6 is 11.3 Å². The molecule has 1 aliphatic rings. The quantitative estimate of drug-likeness (QED) is 0.828. The summed E-state index contributed by atoms with van der Waals surface area (Å²) in [7, 11) is -1.85. The van der Waals surface area contributed by atoms with Crippen molar-refractivity contribution in [1.82, 2.24) is 9.21 Å². The first-order valence-electron chi connectivity index (χ1n) is 7.48. The smallest absolute Gasteiger partial charge is 0.243 e. The number of rotatable bonds is 5. The van der Waals surface area contributed by atoms with Crippen LogP contribution in [0.25, 0.3) is 0 Å². The minimum atomic E-state index is -3.42. The second kappa shape index (κ2) is 7.00. The van der Waals surface area contributed by atoms with Gasteiger partial charge < -0.3 is 4.74 Å². The fraction of sp³-hybridized carbons (Fsp3) is 0.375. The molecule has 124 valence electrons. The van der Waals surface area contributed by atoms with Crippen molar-refractivity contribution in [3.63, 3.8) is 0 Å². The van der Waals surface area contributed by atoms with Crippen LogP contribution in [0.3, 0.4) is 0 Å². The molecule has 1 saturated heterocycles. The van der Waals surface area contributed by atoms with Gasteiger partial charge in [0.05, 0.1) is 12.0 Å². The second-order valence-corrected chi connectivity index (χ2v) is 8.41. The van der Waals surface area contributed by atoms with Crippen molar-refractivity contribution in [2.75, 3.05) is 33.3 Å². The van der Waals surface area contributed by atoms with Gasteiger partial charge in [0.15, 0.2) is 0 Å². The molecule has 0 N–H and O–H groups in total. The van der Waals surface area contributed by atoms with E-state index in [0.717, 1.165) is 19.6 Å². The summed E-state index contributed by atoms with van der Waals surface area (Å²) in [5.74, 6) is 0.657. The minimum Gasteiger partial charge on any atom is -0.497 e. The predicted octanol–water partition coefficient (Wildman–Crippen LogP) is 2.26. The summed E-state index contributed by atoms with van der Waals surface area (Å²) in [6.07, 6.45) is 0. The maximum Gasteiger partial charge on any atom is 0.243 e. The van der Waals surface area contributed by atoms with E-state index in [2.05, 4.69) is 16.3 Å². The Morgan fingerprint density at radius 1 is 1.09 bits per heavy atom. The normalized spacial score (nSPS) is 17.3. The number of thiophene rings is 1. The standard InChI is InChI=1S/C16H20N2O3S2/c1-21-14-4-6-16(7-5-14)23(19,20)18-10-8-17(9-11-18)13-15-3-2-12-22-15/h2-7,12H,8-11,13H2,1H3. The third-order valence-electron chi connectivity index (χ3n) is 3.99. The van der Waals surface area contributed by atoms with Gasteiger partial charge in [0.2, 0.25) is 10.0 Å². The first kappa shape index (κ1) is 16.4. The molecule has 0 spiro atoms. The molecule has 3 rings (SSSR count). The van der Waals surface area contributed by atoms with E-state index >= 15 is 0 Å². The molecule has 1 aliphatic heterocycles. The monoisotopic (exact) mass is 352 g/mol. The van der Waals surface area contributed by atoms with Crippen molar-refractivity contribution in [2.24, 2.45) is 0 Å². The first-order valence-corrected chi connectivity index (χ1v) is 9.80. The molecule has 0 radical (unpaired) electrons. The van der Waals surface area contributed by atoms with Crippen molar-refractivity contribution in [3.8, 4) is 5.75 Å². The van der Waals surface area contributed by atoms with E-state index in [1.54, 1.807) is 47.0 Å². The molecule has 23 heavy (non-hydrogen) atoms. The summed E-state index contributed by atoms with van der Waals surface area (Å²) in [6, 6.07) is 10.7. The Hall–Kier alpha value is -1.41. The van der Waals surface area contributed by atoms with Gasteiger partial charge in [-0.05, 0) is 35.7 Å². The fourth-order valence-corrected chi connectivity index (χ4v) is 4.82. The Morgan fingerprint density at radius 3 is 2.35 bits per heavy atom. The van der Waals surface area contributed by atoms with Crippen molar-refractivity contribution in [3.05, 3.63) is 46.7 Å². The number of hydrogen-bond acceptors (Lipinski definition) is 5. The predicted molar refractivity (Wildman–Crippen MR) is 91.3 cm³/mol. The van der Waals surface area contributed by atoms with Gasteiger partial charge in [0.25, 0.3) is 0 Å². The number of sulfonamides is 1. The number of benzene rings is 1. The lowest BCUT2D eigenvalue weighted by molar-refractivity contribution is 0.183. The third kappa shape index (κ3) is 3.74. The summed E-state index contributed by atoms with van der Waals surface area (Å²) in [5, 5.41) is 2.07. The summed E-state index contributed by atoms with van der Waals surface area (Å²) >= 11 is 1.74. The maximum atomic E-state index is 12.7. The number of methoxy groups -OCH3 is 1. The van der Waals surface area contributed by atoms with Gasteiger partial charge in [-0.1, -0.05) is 6.07 Å². The zero-order valence-electron chi connectivity index (χ0n) is 13.0. The molecule has 0 atom stereocenters. The van der Waals surface area contributed by atoms with Crippen LogP contribution in [-0.2, 0) is 16.6 Å². The minimum absolute atomic E-state index is 0.324. The molecule has 0 aliphatic carbocycles. The SMILES string of the molecule is COc1ccc(S(=O)(=O)N2CCN(Cc3cccs3)CC2)cc1. The van der Waals surface area contributed by atoms with E-state index in [-0.39, 0.29) is 0 Å². The lowest BCUT2D eigenvalue weighted by Gasteiger charge is -2.33. The molecule has 2 heterocycles. The van der Waals surface area contributed by atoms with Gasteiger partial charge in [-0.15, -0.1) is 11.3 Å². The molecule has 0 amide bonds.